The smallest absolute Gasteiger partial charge is 0.417 e. The highest BCUT2D eigenvalue weighted by molar-refractivity contribution is 5.96. The molecule has 1 amide bonds. The Labute approximate surface area is 177 Å². The molecular weight excluding hydrogens is 407 g/mol. The number of hydrogen-bond donors (Lipinski definition) is 1. The summed E-state index contributed by atoms with van der Waals surface area (Å²) in [6.45, 7) is 0.768. The van der Waals surface area contributed by atoms with Crippen LogP contribution in [0.15, 0.2) is 54.7 Å². The van der Waals surface area contributed by atoms with E-state index < -0.39 is 17.6 Å². The number of methoxy groups -OCH3 is 1. The van der Waals surface area contributed by atoms with Gasteiger partial charge >= 0.3 is 6.18 Å². The first kappa shape index (κ1) is 21.0. The van der Waals surface area contributed by atoms with Gasteiger partial charge in [0.1, 0.15) is 11.3 Å². The molecular formula is C23H22F3N3O2. The number of halogens is 3. The zero-order chi connectivity index (χ0) is 22.0. The molecule has 0 spiro atoms. The molecule has 1 saturated heterocycles. The molecule has 0 saturated carbocycles. The summed E-state index contributed by atoms with van der Waals surface area (Å²) in [5.74, 6) is 0.107. The highest BCUT2D eigenvalue weighted by Crippen LogP contribution is 2.33. The number of aromatic nitrogens is 1. The Morgan fingerprint density at radius 1 is 1.10 bits per heavy atom. The molecule has 2 heterocycles. The molecule has 0 unspecified atom stereocenters. The maximum atomic E-state index is 13.3. The number of anilines is 1. The number of fused-ring (bicyclic) bond motifs is 1. The van der Waals surface area contributed by atoms with Crippen molar-refractivity contribution in [2.45, 2.75) is 25.1 Å². The average molecular weight is 429 g/mol. The van der Waals surface area contributed by atoms with Gasteiger partial charge in [-0.25, -0.2) is 0 Å². The van der Waals surface area contributed by atoms with Crippen molar-refractivity contribution >= 4 is 22.5 Å². The number of ether oxygens (including phenoxy) is 1. The fourth-order valence-electron chi connectivity index (χ4n) is 3.97. The summed E-state index contributed by atoms with van der Waals surface area (Å²) in [6, 6.07) is 12.6. The third kappa shape index (κ3) is 4.28. The summed E-state index contributed by atoms with van der Waals surface area (Å²) in [7, 11) is 1.60. The molecule has 162 valence electrons. The molecule has 1 aliphatic rings. The predicted octanol–water partition coefficient (Wildman–Crippen LogP) is 4.98. The normalized spacial score (nSPS) is 15.2. The maximum Gasteiger partial charge on any atom is 0.417 e. The minimum absolute atomic E-state index is 0.0960. The first-order valence-corrected chi connectivity index (χ1v) is 10.0. The van der Waals surface area contributed by atoms with Crippen molar-refractivity contribution in [3.8, 4) is 5.75 Å². The summed E-state index contributed by atoms with van der Waals surface area (Å²) >= 11 is 0. The summed E-state index contributed by atoms with van der Waals surface area (Å²) in [4.78, 5) is 18.7. The fraction of sp³-hybridized carbons (Fsp3) is 0.304. The van der Waals surface area contributed by atoms with Crippen molar-refractivity contribution in [3.05, 3.63) is 65.9 Å². The summed E-state index contributed by atoms with van der Waals surface area (Å²) in [5, 5.41) is 4.43. The molecule has 1 fully saturated rings. The van der Waals surface area contributed by atoms with Crippen LogP contribution in [-0.2, 0) is 6.18 Å². The van der Waals surface area contributed by atoms with Gasteiger partial charge in [-0.3, -0.25) is 9.78 Å². The summed E-state index contributed by atoms with van der Waals surface area (Å²) in [5.41, 5.74) is 0.480. The van der Waals surface area contributed by atoms with Gasteiger partial charge < -0.3 is 15.0 Å². The quantitative estimate of drug-likeness (QED) is 0.636. The number of hydrogen-bond acceptors (Lipinski definition) is 4. The van der Waals surface area contributed by atoms with E-state index in [9.17, 15) is 18.0 Å². The van der Waals surface area contributed by atoms with Crippen LogP contribution in [0.4, 0.5) is 18.9 Å². The number of para-hydroxylation sites is 1. The van der Waals surface area contributed by atoms with Crippen LogP contribution >= 0.6 is 0 Å². The number of carbonyl (C=O) groups is 1. The number of piperidine rings is 1. The van der Waals surface area contributed by atoms with Gasteiger partial charge in [-0.05, 0) is 37.1 Å². The first-order valence-electron chi connectivity index (χ1n) is 10.0. The van der Waals surface area contributed by atoms with Gasteiger partial charge in [0, 0.05) is 36.4 Å². The van der Waals surface area contributed by atoms with E-state index in [1.165, 1.54) is 23.1 Å². The van der Waals surface area contributed by atoms with E-state index >= 15 is 0 Å². The van der Waals surface area contributed by atoms with Crippen molar-refractivity contribution in [2.24, 2.45) is 0 Å². The van der Waals surface area contributed by atoms with E-state index in [-0.39, 0.29) is 11.6 Å². The lowest BCUT2D eigenvalue weighted by molar-refractivity contribution is -0.138. The highest BCUT2D eigenvalue weighted by atomic mass is 19.4. The lowest BCUT2D eigenvalue weighted by Crippen LogP contribution is -2.43. The van der Waals surface area contributed by atoms with Crippen LogP contribution < -0.4 is 10.1 Å². The molecule has 1 aliphatic heterocycles. The van der Waals surface area contributed by atoms with Crippen LogP contribution in [0.2, 0.25) is 0 Å². The standard InChI is InChI=1S/C23H22F3N3O2/c1-31-20-8-4-6-17-19(9-12-27-21(17)20)28-15-10-13-29(14-11-15)22(30)16-5-2-3-7-18(16)23(24,25)26/h2-9,12,15H,10-11,13-14H2,1H3,(H,27,28). The molecule has 0 radical (unpaired) electrons. The van der Waals surface area contributed by atoms with Crippen LogP contribution in [0, 0.1) is 0 Å². The number of likely N-dealkylation sites (tertiary alicyclic amines) is 1. The lowest BCUT2D eigenvalue weighted by Gasteiger charge is -2.33. The number of pyridine rings is 1. The van der Waals surface area contributed by atoms with Gasteiger partial charge in [0.25, 0.3) is 5.91 Å². The van der Waals surface area contributed by atoms with Crippen LogP contribution in [0.3, 0.4) is 0 Å². The van der Waals surface area contributed by atoms with E-state index in [2.05, 4.69) is 10.3 Å². The number of nitrogens with one attached hydrogen (secondary N) is 1. The van der Waals surface area contributed by atoms with E-state index in [4.69, 9.17) is 4.74 Å². The average Bonchev–Trinajstić information content (AvgIpc) is 2.78. The predicted molar refractivity (Wildman–Crippen MR) is 112 cm³/mol. The topological polar surface area (TPSA) is 54.5 Å². The molecule has 4 rings (SSSR count). The Bertz CT molecular complexity index is 1090. The fourth-order valence-corrected chi connectivity index (χ4v) is 3.97. The van der Waals surface area contributed by atoms with Crippen molar-refractivity contribution in [1.82, 2.24) is 9.88 Å². The van der Waals surface area contributed by atoms with Gasteiger partial charge in [-0.15, -0.1) is 0 Å². The van der Waals surface area contributed by atoms with E-state index in [1.807, 2.05) is 24.3 Å². The second kappa shape index (κ2) is 8.45. The Morgan fingerprint density at radius 2 is 1.84 bits per heavy atom. The Hall–Kier alpha value is -3.29. The van der Waals surface area contributed by atoms with E-state index in [0.29, 0.717) is 31.7 Å². The van der Waals surface area contributed by atoms with Crippen LogP contribution in [0.1, 0.15) is 28.8 Å². The highest BCUT2D eigenvalue weighted by Gasteiger charge is 2.36. The monoisotopic (exact) mass is 429 g/mol. The zero-order valence-electron chi connectivity index (χ0n) is 16.9. The third-order valence-electron chi connectivity index (χ3n) is 5.56. The number of benzene rings is 2. The summed E-state index contributed by atoms with van der Waals surface area (Å²) < 4.78 is 45.2. The summed E-state index contributed by atoms with van der Waals surface area (Å²) in [6.07, 6.45) is -1.59. The van der Waals surface area contributed by atoms with Crippen LogP contribution in [-0.4, -0.2) is 42.0 Å². The molecule has 1 aromatic heterocycles. The van der Waals surface area contributed by atoms with Crippen LogP contribution in [0.5, 0.6) is 5.75 Å². The molecule has 0 atom stereocenters. The SMILES string of the molecule is COc1cccc2c(NC3CCN(C(=O)c4ccccc4C(F)(F)F)CC3)ccnc12. The van der Waals surface area contributed by atoms with Gasteiger partial charge in [-0.2, -0.15) is 13.2 Å². The number of rotatable bonds is 4. The minimum atomic E-state index is -4.56. The maximum absolute atomic E-state index is 13.3. The molecule has 8 heteroatoms. The van der Waals surface area contributed by atoms with Gasteiger partial charge in [0.2, 0.25) is 0 Å². The molecule has 31 heavy (non-hydrogen) atoms. The zero-order valence-corrected chi connectivity index (χ0v) is 16.9. The molecule has 2 aromatic carbocycles. The van der Waals surface area contributed by atoms with Crippen molar-refractivity contribution in [2.75, 3.05) is 25.5 Å². The van der Waals surface area contributed by atoms with E-state index in [1.54, 1.807) is 13.3 Å². The second-order valence-corrected chi connectivity index (χ2v) is 7.47. The largest absolute Gasteiger partial charge is 0.494 e. The van der Waals surface area contributed by atoms with Gasteiger partial charge in [-0.1, -0.05) is 24.3 Å². The Balaban J connectivity index is 1.46. The van der Waals surface area contributed by atoms with Crippen molar-refractivity contribution in [1.29, 1.82) is 0 Å². The molecule has 0 bridgehead atoms. The number of amides is 1. The van der Waals surface area contributed by atoms with Crippen molar-refractivity contribution in [3.63, 3.8) is 0 Å². The number of nitrogens with zero attached hydrogens (tertiary/aromatic N) is 2. The molecule has 5 nitrogen and oxygen atoms in total. The van der Waals surface area contributed by atoms with Gasteiger partial charge in [0.05, 0.1) is 18.2 Å². The van der Waals surface area contributed by atoms with Gasteiger partial charge in [0.15, 0.2) is 0 Å². The Morgan fingerprint density at radius 3 is 2.55 bits per heavy atom. The van der Waals surface area contributed by atoms with Crippen LogP contribution in [0.25, 0.3) is 10.9 Å². The molecule has 0 aliphatic carbocycles. The number of carbonyl (C=O) groups excluding carboxylic acids is 1. The second-order valence-electron chi connectivity index (χ2n) is 7.47. The first-order chi connectivity index (χ1) is 14.9. The molecule has 1 N–H and O–H groups in total. The number of alkyl halides is 3. The minimum Gasteiger partial charge on any atom is -0.494 e. The lowest BCUT2D eigenvalue weighted by atomic mass is 10.0. The third-order valence-corrected chi connectivity index (χ3v) is 5.56. The molecule has 3 aromatic rings. The van der Waals surface area contributed by atoms with E-state index in [0.717, 1.165) is 22.7 Å². The Kier molecular flexibility index (Phi) is 5.71. The van der Waals surface area contributed by atoms with Crippen molar-refractivity contribution < 1.29 is 22.7 Å².